The van der Waals surface area contributed by atoms with Gasteiger partial charge in [-0.05, 0) is 62.4 Å². The molecule has 49 heavy (non-hydrogen) atoms. The van der Waals surface area contributed by atoms with Crippen LogP contribution >= 0.6 is 0 Å². The van der Waals surface area contributed by atoms with E-state index in [9.17, 15) is 62.9 Å². The summed E-state index contributed by atoms with van der Waals surface area (Å²) in [4.78, 5) is 25.1. The standard InChI is InChI=1S/C24H12F12N2O2.2C2H4O2.Co/c25-21(26,27)13-5-11(19(39)17(7-13)23(31,32)33)9-37-15-1-2-16(4-3-15)38-10-12-6-14(22(28,29)30)8-18(20(12)40)24(34,35)36;2*1-2(3)4;/h1-10,39-40H;2*1H3,(H,3,4);/q;;;+2/p-2. The van der Waals surface area contributed by atoms with E-state index in [1.807, 2.05) is 0 Å². The zero-order valence-corrected chi connectivity index (χ0v) is 25.1. The molecule has 0 spiro atoms. The number of phenolic OH excluding ortho intramolecular Hbond substituents is 2. The van der Waals surface area contributed by atoms with Crippen LogP contribution < -0.4 is 10.2 Å². The van der Waals surface area contributed by atoms with Gasteiger partial charge in [-0.25, -0.2) is 0 Å². The molecule has 21 heteroatoms. The summed E-state index contributed by atoms with van der Waals surface area (Å²) in [5.41, 5.74) is -9.30. The number of nitrogens with zero attached hydrogens (tertiary/aromatic N) is 2. The van der Waals surface area contributed by atoms with Gasteiger partial charge >= 0.3 is 41.5 Å². The third-order valence-corrected chi connectivity index (χ3v) is 5.10. The van der Waals surface area contributed by atoms with Crippen molar-refractivity contribution < 1.29 is 99.5 Å². The Morgan fingerprint density at radius 3 is 1.02 bits per heavy atom. The van der Waals surface area contributed by atoms with Gasteiger partial charge in [0.2, 0.25) is 0 Å². The van der Waals surface area contributed by atoms with Gasteiger partial charge in [0.1, 0.15) is 11.5 Å². The summed E-state index contributed by atoms with van der Waals surface area (Å²) in [5, 5.41) is 37.4. The first kappa shape index (κ1) is 44.2. The maximum atomic E-state index is 13.1. The van der Waals surface area contributed by atoms with Gasteiger partial charge in [-0.1, -0.05) is 0 Å². The van der Waals surface area contributed by atoms with Gasteiger partial charge in [0.05, 0.1) is 33.6 Å². The van der Waals surface area contributed by atoms with E-state index in [0.717, 1.165) is 38.1 Å². The molecule has 0 saturated carbocycles. The van der Waals surface area contributed by atoms with Gasteiger partial charge in [0.15, 0.2) is 0 Å². The predicted molar refractivity (Wildman–Crippen MR) is 139 cm³/mol. The van der Waals surface area contributed by atoms with Crippen molar-refractivity contribution in [2.75, 3.05) is 0 Å². The Hall–Kier alpha value is -4.79. The summed E-state index contributed by atoms with van der Waals surface area (Å²) in [7, 11) is 0. The van der Waals surface area contributed by atoms with Crippen LogP contribution in [-0.2, 0) is 51.1 Å². The Labute approximate surface area is 277 Å². The van der Waals surface area contributed by atoms with Gasteiger partial charge in [-0.15, -0.1) is 0 Å². The molecule has 0 atom stereocenters. The number of rotatable bonds is 4. The molecule has 2 N–H and O–H groups in total. The van der Waals surface area contributed by atoms with Crippen LogP contribution in [0.3, 0.4) is 0 Å². The summed E-state index contributed by atoms with van der Waals surface area (Å²) in [6.07, 6.45) is -19.9. The quantitative estimate of drug-likeness (QED) is 0.240. The van der Waals surface area contributed by atoms with E-state index in [2.05, 4.69) is 9.98 Å². The largest absolute Gasteiger partial charge is 2.00 e. The van der Waals surface area contributed by atoms with Gasteiger partial charge in [0, 0.05) is 35.5 Å². The molecule has 0 fully saturated rings. The number of carboxylic acids is 2. The zero-order chi connectivity index (χ0) is 37.4. The van der Waals surface area contributed by atoms with E-state index in [-0.39, 0.29) is 52.4 Å². The average Bonchev–Trinajstić information content (AvgIpc) is 2.89. The number of carbonyl (C=O) groups is 2. The topological polar surface area (TPSA) is 145 Å². The number of aliphatic carboxylic acids is 2. The molecule has 3 rings (SSSR count). The second-order valence-corrected chi connectivity index (χ2v) is 8.93. The summed E-state index contributed by atoms with van der Waals surface area (Å²) in [6, 6.07) is 4.36. The molecule has 0 aromatic heterocycles. The monoisotopic (exact) mass is 765 g/mol. The van der Waals surface area contributed by atoms with E-state index in [1.54, 1.807) is 0 Å². The number of phenols is 2. The van der Waals surface area contributed by atoms with E-state index in [1.165, 1.54) is 0 Å². The minimum atomic E-state index is -5.32. The molecule has 0 aliphatic rings. The average molecular weight is 765 g/mol. The summed E-state index contributed by atoms with van der Waals surface area (Å²) in [5.74, 6) is -5.19. The van der Waals surface area contributed by atoms with Crippen molar-refractivity contribution in [3.05, 3.63) is 81.9 Å². The Bertz CT molecular complexity index is 1530. The van der Waals surface area contributed by atoms with Gasteiger partial charge < -0.3 is 30.0 Å². The van der Waals surface area contributed by atoms with E-state index in [4.69, 9.17) is 19.8 Å². The Morgan fingerprint density at radius 2 is 0.816 bits per heavy atom. The zero-order valence-electron chi connectivity index (χ0n) is 24.1. The minimum absolute atomic E-state index is 0. The third-order valence-electron chi connectivity index (χ3n) is 5.10. The summed E-state index contributed by atoms with van der Waals surface area (Å²) in [6.45, 7) is 1.94. The molecule has 0 heterocycles. The van der Waals surface area contributed by atoms with Crippen LogP contribution in [0.1, 0.15) is 47.2 Å². The fraction of sp³-hybridized carbons (Fsp3) is 0.214. The Morgan fingerprint density at radius 1 is 0.571 bits per heavy atom. The van der Waals surface area contributed by atoms with Crippen molar-refractivity contribution in [2.45, 2.75) is 38.6 Å². The molecule has 0 bridgehead atoms. The first-order valence-corrected chi connectivity index (χ1v) is 12.2. The molecule has 3 aromatic carbocycles. The molecule has 1 radical (unpaired) electrons. The van der Waals surface area contributed by atoms with E-state index >= 15 is 0 Å². The van der Waals surface area contributed by atoms with E-state index in [0.29, 0.717) is 12.4 Å². The molecular weight excluding hydrogens is 747 g/mol. The molecule has 0 unspecified atom stereocenters. The van der Waals surface area contributed by atoms with Crippen molar-refractivity contribution in [1.29, 1.82) is 0 Å². The number of hydrogen-bond acceptors (Lipinski definition) is 8. The van der Waals surface area contributed by atoms with Crippen molar-refractivity contribution in [3.63, 3.8) is 0 Å². The maximum Gasteiger partial charge on any atom is 2.00 e. The number of carbonyl (C=O) groups excluding carboxylic acids is 2. The summed E-state index contributed by atoms with van der Waals surface area (Å²) < 4.78 is 157. The van der Waals surface area contributed by atoms with Crippen molar-refractivity contribution in [1.82, 2.24) is 0 Å². The molecule has 0 saturated heterocycles. The van der Waals surface area contributed by atoms with Gasteiger partial charge in [-0.2, -0.15) is 52.7 Å². The summed E-state index contributed by atoms with van der Waals surface area (Å²) >= 11 is 0. The van der Waals surface area contributed by atoms with Crippen LogP contribution in [-0.4, -0.2) is 34.6 Å². The first-order valence-electron chi connectivity index (χ1n) is 12.2. The Kier molecular flexibility index (Phi) is 15.4. The predicted octanol–water partition coefficient (Wildman–Crippen LogP) is 6.18. The van der Waals surface area contributed by atoms with Crippen LogP contribution in [0.4, 0.5) is 64.1 Å². The van der Waals surface area contributed by atoms with Crippen LogP contribution in [0.5, 0.6) is 11.5 Å². The number of aromatic hydroxyl groups is 2. The second kappa shape index (κ2) is 17.0. The third kappa shape index (κ3) is 14.5. The van der Waals surface area contributed by atoms with Crippen molar-refractivity contribution in [2.24, 2.45) is 9.98 Å². The molecule has 0 amide bonds. The van der Waals surface area contributed by atoms with Crippen LogP contribution in [0, 0.1) is 0 Å². The SMILES string of the molecule is CC(=O)[O-].CC(=O)[O-].Oc1c(C=Nc2ccc(N=Cc3cc(C(F)(F)F)cc(C(F)(F)F)c3O)cc2)cc(C(F)(F)F)cc1C(F)(F)F.[Co+2]. The van der Waals surface area contributed by atoms with Crippen molar-refractivity contribution >= 4 is 35.7 Å². The molecular formula is C28H18CoF12N2O6. The molecule has 8 nitrogen and oxygen atoms in total. The van der Waals surface area contributed by atoms with Crippen LogP contribution in [0.25, 0.3) is 0 Å². The second-order valence-electron chi connectivity index (χ2n) is 8.93. The number of benzene rings is 3. The number of carboxylic acid groups (broad SMARTS) is 2. The Balaban J connectivity index is 0.00000230. The fourth-order valence-electron chi connectivity index (χ4n) is 3.18. The maximum absolute atomic E-state index is 13.1. The smallest absolute Gasteiger partial charge is 0.550 e. The first-order chi connectivity index (χ1) is 21.6. The minimum Gasteiger partial charge on any atom is -0.550 e. The number of alkyl halides is 12. The number of aliphatic imine (C=N–C) groups is 2. The molecule has 269 valence electrons. The van der Waals surface area contributed by atoms with Gasteiger partial charge in [-0.3, -0.25) is 9.98 Å². The molecule has 3 aromatic rings. The fourth-order valence-corrected chi connectivity index (χ4v) is 3.18. The van der Waals surface area contributed by atoms with Crippen LogP contribution in [0.2, 0.25) is 0 Å². The number of halogens is 12. The molecule has 0 aliphatic heterocycles. The molecule has 0 aliphatic carbocycles. The normalized spacial score (nSPS) is 12.0. The van der Waals surface area contributed by atoms with Gasteiger partial charge in [0.25, 0.3) is 0 Å². The van der Waals surface area contributed by atoms with Crippen molar-refractivity contribution in [3.8, 4) is 11.5 Å². The number of hydrogen-bond donors (Lipinski definition) is 2. The van der Waals surface area contributed by atoms with Crippen LogP contribution in [0.15, 0.2) is 58.5 Å². The van der Waals surface area contributed by atoms with E-state index < -0.39 is 81.5 Å².